The van der Waals surface area contributed by atoms with Gasteiger partial charge in [-0.05, 0) is 0 Å². The Morgan fingerprint density at radius 2 is 2.33 bits per heavy atom. The molecule has 0 unspecified atom stereocenters. The molecule has 0 bridgehead atoms. The maximum Gasteiger partial charge on any atom is 0.0826 e. The lowest BCUT2D eigenvalue weighted by atomic mass is 10.2. The van der Waals surface area contributed by atoms with Crippen LogP contribution < -0.4 is 5.73 Å². The summed E-state index contributed by atoms with van der Waals surface area (Å²) in [6.45, 7) is 4.04. The first kappa shape index (κ1) is 14.2. The standard InChI is InChI=1S/C13H21N7O/c1-21-5-4-19-8-11(6-16-19)7-18-9-12(14)13(10-18)20-3-2-15-17-20/h2-3,6,8,12-13H,4-5,7,9-10,14H2,1H3/t12-,13+/m1/s1. The van der Waals surface area contributed by atoms with Gasteiger partial charge in [0.15, 0.2) is 0 Å². The van der Waals surface area contributed by atoms with Gasteiger partial charge in [0, 0.05) is 50.7 Å². The molecule has 21 heavy (non-hydrogen) atoms. The molecule has 2 aromatic rings. The van der Waals surface area contributed by atoms with E-state index in [1.165, 1.54) is 5.56 Å². The van der Waals surface area contributed by atoms with E-state index in [4.69, 9.17) is 10.5 Å². The number of nitrogens with two attached hydrogens (primary N) is 1. The number of hydrogen-bond acceptors (Lipinski definition) is 6. The lowest BCUT2D eigenvalue weighted by Gasteiger charge is -2.14. The van der Waals surface area contributed by atoms with Gasteiger partial charge in [0.25, 0.3) is 0 Å². The molecule has 3 rings (SSSR count). The van der Waals surface area contributed by atoms with Crippen LogP contribution in [-0.2, 0) is 17.8 Å². The largest absolute Gasteiger partial charge is 0.383 e. The van der Waals surface area contributed by atoms with Gasteiger partial charge >= 0.3 is 0 Å². The Morgan fingerprint density at radius 1 is 1.43 bits per heavy atom. The predicted molar refractivity (Wildman–Crippen MR) is 76.4 cm³/mol. The highest BCUT2D eigenvalue weighted by Gasteiger charge is 2.31. The van der Waals surface area contributed by atoms with Gasteiger partial charge < -0.3 is 10.5 Å². The van der Waals surface area contributed by atoms with Crippen molar-refractivity contribution in [2.24, 2.45) is 5.73 Å². The average molecular weight is 291 g/mol. The van der Waals surface area contributed by atoms with Crippen LogP contribution in [0.25, 0.3) is 0 Å². The molecule has 0 radical (unpaired) electrons. The molecule has 2 aromatic heterocycles. The first-order valence-corrected chi connectivity index (χ1v) is 7.10. The molecule has 0 spiro atoms. The normalized spacial score (nSPS) is 23.0. The quantitative estimate of drug-likeness (QED) is 0.772. The molecule has 2 N–H and O–H groups in total. The van der Waals surface area contributed by atoms with E-state index in [1.807, 2.05) is 21.8 Å². The highest BCUT2D eigenvalue weighted by molar-refractivity contribution is 5.05. The summed E-state index contributed by atoms with van der Waals surface area (Å²) < 4.78 is 8.81. The fourth-order valence-corrected chi connectivity index (χ4v) is 2.75. The second-order valence-electron chi connectivity index (χ2n) is 5.41. The van der Waals surface area contributed by atoms with E-state index in [1.54, 1.807) is 13.3 Å². The molecule has 0 aliphatic carbocycles. The molecule has 0 saturated carbocycles. The molecule has 1 aliphatic rings. The van der Waals surface area contributed by atoms with E-state index in [0.717, 1.165) is 26.2 Å². The third-order valence-corrected chi connectivity index (χ3v) is 3.81. The van der Waals surface area contributed by atoms with Crippen molar-refractivity contribution in [3.05, 3.63) is 30.4 Å². The van der Waals surface area contributed by atoms with E-state index >= 15 is 0 Å². The van der Waals surface area contributed by atoms with E-state index in [2.05, 4.69) is 26.5 Å². The Hall–Kier alpha value is -1.77. The summed E-state index contributed by atoms with van der Waals surface area (Å²) in [6, 6.07) is 0.270. The van der Waals surface area contributed by atoms with Crippen LogP contribution >= 0.6 is 0 Å². The van der Waals surface area contributed by atoms with Crippen molar-refractivity contribution < 1.29 is 4.74 Å². The van der Waals surface area contributed by atoms with Crippen molar-refractivity contribution >= 4 is 0 Å². The molecule has 1 saturated heterocycles. The first-order chi connectivity index (χ1) is 10.3. The van der Waals surface area contributed by atoms with E-state index < -0.39 is 0 Å². The van der Waals surface area contributed by atoms with Gasteiger partial charge in [-0.3, -0.25) is 9.58 Å². The van der Waals surface area contributed by atoms with Gasteiger partial charge in [-0.2, -0.15) is 5.10 Å². The molecule has 0 amide bonds. The number of nitrogens with zero attached hydrogens (tertiary/aromatic N) is 6. The van der Waals surface area contributed by atoms with Gasteiger partial charge in [0.05, 0.1) is 31.6 Å². The number of likely N-dealkylation sites (tertiary alicyclic amines) is 1. The highest BCUT2D eigenvalue weighted by atomic mass is 16.5. The van der Waals surface area contributed by atoms with Crippen LogP contribution in [0.5, 0.6) is 0 Å². The molecule has 8 nitrogen and oxygen atoms in total. The Kier molecular flexibility index (Phi) is 4.28. The Bertz CT molecular complexity index is 553. The minimum Gasteiger partial charge on any atom is -0.383 e. The van der Waals surface area contributed by atoms with Crippen molar-refractivity contribution in [3.8, 4) is 0 Å². The summed E-state index contributed by atoms with van der Waals surface area (Å²) in [5.41, 5.74) is 7.41. The van der Waals surface area contributed by atoms with Crippen molar-refractivity contribution in [2.75, 3.05) is 26.8 Å². The van der Waals surface area contributed by atoms with Crippen molar-refractivity contribution in [3.63, 3.8) is 0 Å². The zero-order valence-corrected chi connectivity index (χ0v) is 12.2. The van der Waals surface area contributed by atoms with Gasteiger partial charge in [-0.25, -0.2) is 4.68 Å². The van der Waals surface area contributed by atoms with Crippen LogP contribution in [0, 0.1) is 0 Å². The number of aromatic nitrogens is 5. The van der Waals surface area contributed by atoms with Crippen molar-refractivity contribution in [2.45, 2.75) is 25.2 Å². The van der Waals surface area contributed by atoms with Crippen LogP contribution in [0.3, 0.4) is 0 Å². The van der Waals surface area contributed by atoms with E-state index in [-0.39, 0.29) is 12.1 Å². The maximum absolute atomic E-state index is 6.22. The molecule has 1 aliphatic heterocycles. The van der Waals surface area contributed by atoms with Crippen molar-refractivity contribution in [1.82, 2.24) is 29.7 Å². The maximum atomic E-state index is 6.22. The molecule has 8 heteroatoms. The Morgan fingerprint density at radius 3 is 3.10 bits per heavy atom. The SMILES string of the molecule is COCCn1cc(CN2C[C@@H](N)[C@@H](n3ccnn3)C2)cn1. The van der Waals surface area contributed by atoms with Crippen LogP contribution in [0.1, 0.15) is 11.6 Å². The van der Waals surface area contributed by atoms with Crippen LogP contribution in [0.2, 0.25) is 0 Å². The fraction of sp³-hybridized carbons (Fsp3) is 0.615. The fourth-order valence-electron chi connectivity index (χ4n) is 2.75. The number of methoxy groups -OCH3 is 1. The lowest BCUT2D eigenvalue weighted by Crippen LogP contribution is -2.31. The molecular formula is C13H21N7O. The summed E-state index contributed by atoms with van der Waals surface area (Å²) >= 11 is 0. The van der Waals surface area contributed by atoms with Crippen LogP contribution in [0.15, 0.2) is 24.8 Å². The second kappa shape index (κ2) is 6.33. The third-order valence-electron chi connectivity index (χ3n) is 3.81. The van der Waals surface area contributed by atoms with Gasteiger partial charge in [0.2, 0.25) is 0 Å². The number of rotatable bonds is 6. The smallest absolute Gasteiger partial charge is 0.0826 e. The minimum absolute atomic E-state index is 0.0789. The summed E-state index contributed by atoms with van der Waals surface area (Å²) in [5.74, 6) is 0. The molecule has 0 aromatic carbocycles. The lowest BCUT2D eigenvalue weighted by molar-refractivity contribution is 0.183. The first-order valence-electron chi connectivity index (χ1n) is 7.10. The molecule has 3 heterocycles. The highest BCUT2D eigenvalue weighted by Crippen LogP contribution is 2.21. The zero-order chi connectivity index (χ0) is 14.7. The third kappa shape index (κ3) is 3.29. The van der Waals surface area contributed by atoms with Gasteiger partial charge in [0.1, 0.15) is 0 Å². The summed E-state index contributed by atoms with van der Waals surface area (Å²) in [4.78, 5) is 2.33. The molecule has 1 fully saturated rings. The average Bonchev–Trinajstić information content (AvgIpc) is 3.18. The van der Waals surface area contributed by atoms with E-state index in [9.17, 15) is 0 Å². The summed E-state index contributed by atoms with van der Waals surface area (Å²) in [6.07, 6.45) is 7.53. The summed E-state index contributed by atoms with van der Waals surface area (Å²) in [7, 11) is 1.69. The number of hydrogen-bond donors (Lipinski definition) is 1. The predicted octanol–water partition coefficient (Wildman–Crippen LogP) is -0.495. The van der Waals surface area contributed by atoms with Crippen molar-refractivity contribution in [1.29, 1.82) is 0 Å². The van der Waals surface area contributed by atoms with Crippen LogP contribution in [-0.4, -0.2) is 62.5 Å². The Labute approximate surface area is 123 Å². The zero-order valence-electron chi connectivity index (χ0n) is 12.2. The minimum atomic E-state index is 0.0789. The molecular weight excluding hydrogens is 270 g/mol. The van der Waals surface area contributed by atoms with E-state index in [0.29, 0.717) is 6.61 Å². The second-order valence-corrected chi connectivity index (χ2v) is 5.41. The summed E-state index contributed by atoms with van der Waals surface area (Å²) in [5, 5.41) is 12.2. The Balaban J connectivity index is 1.57. The van der Waals surface area contributed by atoms with Gasteiger partial charge in [-0.1, -0.05) is 5.21 Å². The topological polar surface area (TPSA) is 87.0 Å². The molecule has 2 atom stereocenters. The monoisotopic (exact) mass is 291 g/mol. The number of ether oxygens (including phenoxy) is 1. The van der Waals surface area contributed by atoms with Crippen LogP contribution in [0.4, 0.5) is 0 Å². The van der Waals surface area contributed by atoms with Gasteiger partial charge in [-0.15, -0.1) is 5.10 Å². The molecule has 114 valence electrons.